The van der Waals surface area contributed by atoms with Gasteiger partial charge in [-0.15, -0.1) is 10.2 Å². The maximum absolute atomic E-state index is 12.1. The summed E-state index contributed by atoms with van der Waals surface area (Å²) in [5.74, 6) is 0.789. The largest absolute Gasteiger partial charge is 0.331 e. The van der Waals surface area contributed by atoms with Crippen LogP contribution in [0.4, 0.5) is 4.79 Å². The van der Waals surface area contributed by atoms with Crippen LogP contribution in [0.1, 0.15) is 19.7 Å². The van der Waals surface area contributed by atoms with Crippen molar-refractivity contribution < 1.29 is 4.79 Å². The van der Waals surface area contributed by atoms with Gasteiger partial charge in [-0.1, -0.05) is 0 Å². The average molecular weight is 266 g/mol. The third-order valence-electron chi connectivity index (χ3n) is 3.53. The molecule has 1 aromatic heterocycles. The zero-order valence-corrected chi connectivity index (χ0v) is 11.8. The highest BCUT2D eigenvalue weighted by molar-refractivity contribution is 5.74. The summed E-state index contributed by atoms with van der Waals surface area (Å²) >= 11 is 0. The molecule has 0 radical (unpaired) electrons. The fraction of sp³-hybridized carbons (Fsp3) is 0.750. The Morgan fingerprint density at radius 1 is 1.53 bits per heavy atom. The Labute approximate surface area is 113 Å². The van der Waals surface area contributed by atoms with Crippen LogP contribution < -0.4 is 5.32 Å². The smallest absolute Gasteiger partial charge is 0.318 e. The molecule has 2 rings (SSSR count). The summed E-state index contributed by atoms with van der Waals surface area (Å²) in [4.78, 5) is 16.3. The molecular weight excluding hydrogens is 244 g/mol. The summed E-state index contributed by atoms with van der Waals surface area (Å²) in [6.07, 6.45) is 1.68. The van der Waals surface area contributed by atoms with Crippen molar-refractivity contribution in [2.75, 3.05) is 26.7 Å². The van der Waals surface area contributed by atoms with Crippen molar-refractivity contribution in [2.24, 2.45) is 0 Å². The van der Waals surface area contributed by atoms with Gasteiger partial charge in [0.25, 0.3) is 0 Å². The molecule has 0 bridgehead atoms. The van der Waals surface area contributed by atoms with Gasteiger partial charge in [-0.2, -0.15) is 0 Å². The second-order valence-corrected chi connectivity index (χ2v) is 5.00. The van der Waals surface area contributed by atoms with E-state index in [1.807, 2.05) is 16.4 Å². The summed E-state index contributed by atoms with van der Waals surface area (Å²) in [5, 5.41) is 10.8. The number of urea groups is 1. The van der Waals surface area contributed by atoms with Crippen molar-refractivity contribution in [3.05, 3.63) is 12.2 Å². The number of amides is 2. The maximum atomic E-state index is 12.1. The zero-order valence-electron chi connectivity index (χ0n) is 11.8. The lowest BCUT2D eigenvalue weighted by Crippen LogP contribution is -2.55. The molecule has 7 heteroatoms. The highest BCUT2D eigenvalue weighted by Crippen LogP contribution is 2.08. The van der Waals surface area contributed by atoms with Crippen LogP contribution in [0.25, 0.3) is 0 Å². The van der Waals surface area contributed by atoms with E-state index in [-0.39, 0.29) is 12.1 Å². The minimum Gasteiger partial charge on any atom is -0.331 e. The van der Waals surface area contributed by atoms with Crippen LogP contribution in [0.2, 0.25) is 0 Å². The van der Waals surface area contributed by atoms with Crippen LogP contribution in [-0.4, -0.2) is 63.3 Å². The van der Waals surface area contributed by atoms with Crippen LogP contribution in [0.15, 0.2) is 6.33 Å². The maximum Gasteiger partial charge on any atom is 0.318 e. The third-order valence-corrected chi connectivity index (χ3v) is 3.53. The van der Waals surface area contributed by atoms with E-state index in [2.05, 4.69) is 34.4 Å². The number of hydrogen-bond acceptors (Lipinski definition) is 4. The van der Waals surface area contributed by atoms with Crippen molar-refractivity contribution in [3.63, 3.8) is 0 Å². The van der Waals surface area contributed by atoms with Gasteiger partial charge in [0.1, 0.15) is 6.33 Å². The predicted octanol–water partition coefficient (Wildman–Crippen LogP) is 0.144. The van der Waals surface area contributed by atoms with E-state index < -0.39 is 0 Å². The Hall–Kier alpha value is -1.63. The Morgan fingerprint density at radius 3 is 3.00 bits per heavy atom. The van der Waals surface area contributed by atoms with E-state index in [0.29, 0.717) is 6.54 Å². The highest BCUT2D eigenvalue weighted by atomic mass is 16.2. The molecule has 1 aromatic rings. The number of likely N-dealkylation sites (N-methyl/N-ethyl adjacent to an activating group) is 1. The molecule has 7 nitrogen and oxygen atoms in total. The van der Waals surface area contributed by atoms with Crippen LogP contribution in [0.3, 0.4) is 0 Å². The van der Waals surface area contributed by atoms with Crippen molar-refractivity contribution in [3.8, 4) is 0 Å². The fourth-order valence-corrected chi connectivity index (χ4v) is 2.38. The average Bonchev–Trinajstić information content (AvgIpc) is 2.83. The molecule has 106 valence electrons. The lowest BCUT2D eigenvalue weighted by Gasteiger charge is -2.38. The number of carbonyl (C=O) groups is 1. The number of hydrogen-bond donors (Lipinski definition) is 1. The monoisotopic (exact) mass is 266 g/mol. The molecule has 0 saturated carbocycles. The first kappa shape index (κ1) is 13.8. The first-order chi connectivity index (χ1) is 9.11. The Morgan fingerprint density at radius 2 is 2.32 bits per heavy atom. The molecule has 2 heterocycles. The molecule has 1 unspecified atom stereocenters. The molecule has 1 saturated heterocycles. The van der Waals surface area contributed by atoms with E-state index in [1.165, 1.54) is 0 Å². The van der Waals surface area contributed by atoms with Gasteiger partial charge < -0.3 is 19.7 Å². The van der Waals surface area contributed by atoms with Crippen LogP contribution >= 0.6 is 0 Å². The van der Waals surface area contributed by atoms with Gasteiger partial charge in [-0.3, -0.25) is 0 Å². The predicted molar refractivity (Wildman–Crippen MR) is 71.6 cm³/mol. The first-order valence-electron chi connectivity index (χ1n) is 6.71. The van der Waals surface area contributed by atoms with Gasteiger partial charge >= 0.3 is 6.03 Å². The van der Waals surface area contributed by atoms with E-state index in [0.717, 1.165) is 32.0 Å². The van der Waals surface area contributed by atoms with Gasteiger partial charge in [-0.05, 0) is 20.9 Å². The molecule has 1 aliphatic heterocycles. The van der Waals surface area contributed by atoms with Crippen LogP contribution in [-0.2, 0) is 13.1 Å². The molecule has 0 aliphatic carbocycles. The third kappa shape index (κ3) is 3.23. The molecule has 1 aliphatic rings. The van der Waals surface area contributed by atoms with E-state index in [4.69, 9.17) is 0 Å². The van der Waals surface area contributed by atoms with Crippen molar-refractivity contribution in [1.82, 2.24) is 29.9 Å². The first-order valence-corrected chi connectivity index (χ1v) is 6.71. The number of aryl methyl sites for hydroxylation is 1. The van der Waals surface area contributed by atoms with Gasteiger partial charge in [0, 0.05) is 32.2 Å². The van der Waals surface area contributed by atoms with Gasteiger partial charge in [0.05, 0.1) is 6.54 Å². The molecule has 1 fully saturated rings. The number of piperazine rings is 1. The lowest BCUT2D eigenvalue weighted by atomic mass is 10.2. The highest BCUT2D eigenvalue weighted by Gasteiger charge is 2.25. The van der Waals surface area contributed by atoms with Gasteiger partial charge in [0.15, 0.2) is 5.82 Å². The SMILES string of the molecule is CCn1cnnc1CNC(=O)N1CCN(C)CC1C. The molecule has 0 aromatic carbocycles. The number of rotatable bonds is 3. The summed E-state index contributed by atoms with van der Waals surface area (Å²) in [5.41, 5.74) is 0. The number of aromatic nitrogens is 3. The molecule has 19 heavy (non-hydrogen) atoms. The molecule has 0 spiro atoms. The topological polar surface area (TPSA) is 66.3 Å². The summed E-state index contributed by atoms with van der Waals surface area (Å²) < 4.78 is 1.92. The number of carbonyl (C=O) groups excluding carboxylic acids is 1. The molecular formula is C12H22N6O. The Balaban J connectivity index is 1.87. The number of nitrogens with zero attached hydrogens (tertiary/aromatic N) is 5. The van der Waals surface area contributed by atoms with Crippen molar-refractivity contribution >= 4 is 6.03 Å². The summed E-state index contributed by atoms with van der Waals surface area (Å²) in [7, 11) is 2.08. The standard InChI is InChI=1S/C12H22N6O/c1-4-17-9-14-15-11(17)7-13-12(19)18-6-5-16(3)8-10(18)2/h9-10H,4-8H2,1-3H3,(H,13,19). The quantitative estimate of drug-likeness (QED) is 0.845. The van der Waals surface area contributed by atoms with Crippen LogP contribution in [0.5, 0.6) is 0 Å². The van der Waals surface area contributed by atoms with Gasteiger partial charge in [-0.25, -0.2) is 4.79 Å². The minimum absolute atomic E-state index is 0.0220. The molecule has 1 N–H and O–H groups in total. The number of nitrogens with one attached hydrogen (secondary N) is 1. The van der Waals surface area contributed by atoms with Crippen molar-refractivity contribution in [2.45, 2.75) is 33.0 Å². The van der Waals surface area contributed by atoms with Crippen LogP contribution in [0, 0.1) is 0 Å². The lowest BCUT2D eigenvalue weighted by molar-refractivity contribution is 0.116. The molecule has 2 amide bonds. The van der Waals surface area contributed by atoms with E-state index in [9.17, 15) is 4.79 Å². The normalized spacial score (nSPS) is 20.6. The van der Waals surface area contributed by atoms with E-state index >= 15 is 0 Å². The molecule has 1 atom stereocenters. The summed E-state index contributed by atoms with van der Waals surface area (Å²) in [6, 6.07) is 0.217. The van der Waals surface area contributed by atoms with E-state index in [1.54, 1.807) is 6.33 Å². The minimum atomic E-state index is -0.0220. The second kappa shape index (κ2) is 6.01. The van der Waals surface area contributed by atoms with Crippen molar-refractivity contribution in [1.29, 1.82) is 0 Å². The Bertz CT molecular complexity index is 432. The zero-order chi connectivity index (χ0) is 13.8. The Kier molecular flexibility index (Phi) is 4.36. The van der Waals surface area contributed by atoms with Gasteiger partial charge in [0.2, 0.25) is 0 Å². The second-order valence-electron chi connectivity index (χ2n) is 5.00. The fourth-order valence-electron chi connectivity index (χ4n) is 2.38. The summed E-state index contributed by atoms with van der Waals surface area (Å²) in [6.45, 7) is 7.93.